The summed E-state index contributed by atoms with van der Waals surface area (Å²) in [6.45, 7) is 4.84. The van der Waals surface area contributed by atoms with E-state index in [0.717, 1.165) is 42.0 Å². The number of anilines is 1. The van der Waals surface area contributed by atoms with E-state index in [0.29, 0.717) is 6.61 Å². The molecule has 1 aliphatic heterocycles. The Morgan fingerprint density at radius 3 is 2.52 bits per heavy atom. The lowest BCUT2D eigenvalue weighted by Gasteiger charge is -2.29. The van der Waals surface area contributed by atoms with Gasteiger partial charge in [-0.3, -0.25) is 0 Å². The first kappa shape index (κ1) is 14.4. The molecular weight excluding hydrogens is 328 g/mol. The van der Waals surface area contributed by atoms with Crippen LogP contribution < -0.4 is 15.0 Å². The third-order valence-electron chi connectivity index (χ3n) is 3.61. The average molecular weight is 347 g/mol. The normalized spacial score (nSPS) is 15.0. The second-order valence-electron chi connectivity index (χ2n) is 5.15. The largest absolute Gasteiger partial charge is 0.489 e. The first-order valence-corrected chi connectivity index (χ1v) is 8.03. The van der Waals surface area contributed by atoms with Gasteiger partial charge in [-0.2, -0.15) is 0 Å². The summed E-state index contributed by atoms with van der Waals surface area (Å²) in [5, 5.41) is 3.37. The zero-order chi connectivity index (χ0) is 14.5. The van der Waals surface area contributed by atoms with E-state index >= 15 is 0 Å². The summed E-state index contributed by atoms with van der Waals surface area (Å²) in [6.07, 6.45) is 0. The molecule has 1 N–H and O–H groups in total. The van der Waals surface area contributed by atoms with Gasteiger partial charge in [0.15, 0.2) is 0 Å². The van der Waals surface area contributed by atoms with Gasteiger partial charge in [-0.1, -0.05) is 28.1 Å². The molecule has 0 amide bonds. The van der Waals surface area contributed by atoms with E-state index < -0.39 is 0 Å². The average Bonchev–Trinajstić information content (AvgIpc) is 2.54. The highest BCUT2D eigenvalue weighted by molar-refractivity contribution is 9.10. The van der Waals surface area contributed by atoms with Gasteiger partial charge in [-0.15, -0.1) is 0 Å². The topological polar surface area (TPSA) is 24.5 Å². The monoisotopic (exact) mass is 346 g/mol. The van der Waals surface area contributed by atoms with Crippen LogP contribution in [0.4, 0.5) is 5.69 Å². The number of nitrogens with one attached hydrogen (secondary N) is 1. The standard InChI is InChI=1S/C17H19BrN2O/c18-15-3-1-2-14(12-15)13-21-17-6-4-16(5-7-17)20-10-8-19-9-11-20/h1-7,12,19H,8-11,13H2. The summed E-state index contributed by atoms with van der Waals surface area (Å²) < 4.78 is 6.92. The fourth-order valence-corrected chi connectivity index (χ4v) is 2.92. The molecule has 0 radical (unpaired) electrons. The van der Waals surface area contributed by atoms with Crippen molar-refractivity contribution < 1.29 is 4.74 Å². The third-order valence-corrected chi connectivity index (χ3v) is 4.11. The highest BCUT2D eigenvalue weighted by Gasteiger charge is 2.09. The van der Waals surface area contributed by atoms with E-state index in [4.69, 9.17) is 4.74 Å². The van der Waals surface area contributed by atoms with Crippen molar-refractivity contribution in [3.8, 4) is 5.75 Å². The van der Waals surface area contributed by atoms with Crippen LogP contribution >= 0.6 is 15.9 Å². The Morgan fingerprint density at radius 2 is 1.81 bits per heavy atom. The molecule has 1 saturated heterocycles. The molecule has 0 unspecified atom stereocenters. The van der Waals surface area contributed by atoms with Gasteiger partial charge >= 0.3 is 0 Å². The Hall–Kier alpha value is -1.52. The lowest BCUT2D eigenvalue weighted by molar-refractivity contribution is 0.306. The van der Waals surface area contributed by atoms with Crippen LogP contribution in [-0.4, -0.2) is 26.2 Å². The second-order valence-corrected chi connectivity index (χ2v) is 6.07. The molecule has 2 aromatic rings. The van der Waals surface area contributed by atoms with Crippen LogP contribution in [0.1, 0.15) is 5.56 Å². The van der Waals surface area contributed by atoms with E-state index in [-0.39, 0.29) is 0 Å². The molecule has 21 heavy (non-hydrogen) atoms. The molecular formula is C17H19BrN2O. The summed E-state index contributed by atoms with van der Waals surface area (Å²) in [6, 6.07) is 16.6. The molecule has 3 nitrogen and oxygen atoms in total. The number of halogens is 1. The fourth-order valence-electron chi connectivity index (χ4n) is 2.47. The van der Waals surface area contributed by atoms with Crippen molar-refractivity contribution in [2.75, 3.05) is 31.1 Å². The number of hydrogen-bond donors (Lipinski definition) is 1. The van der Waals surface area contributed by atoms with E-state index in [1.807, 2.05) is 12.1 Å². The highest BCUT2D eigenvalue weighted by atomic mass is 79.9. The Kier molecular flexibility index (Phi) is 4.78. The summed E-state index contributed by atoms with van der Waals surface area (Å²) >= 11 is 3.48. The number of nitrogens with zero attached hydrogens (tertiary/aromatic N) is 1. The van der Waals surface area contributed by atoms with Crippen molar-refractivity contribution in [1.29, 1.82) is 0 Å². The molecule has 1 aliphatic rings. The van der Waals surface area contributed by atoms with Gasteiger partial charge < -0.3 is 15.0 Å². The number of benzene rings is 2. The highest BCUT2D eigenvalue weighted by Crippen LogP contribution is 2.21. The zero-order valence-electron chi connectivity index (χ0n) is 11.9. The number of hydrogen-bond acceptors (Lipinski definition) is 3. The molecule has 4 heteroatoms. The SMILES string of the molecule is Brc1cccc(COc2ccc(N3CCNCC3)cc2)c1. The van der Waals surface area contributed by atoms with Crippen LogP contribution in [0.25, 0.3) is 0 Å². The summed E-state index contributed by atoms with van der Waals surface area (Å²) in [5.74, 6) is 0.911. The van der Waals surface area contributed by atoms with Gasteiger partial charge in [-0.25, -0.2) is 0 Å². The van der Waals surface area contributed by atoms with Crippen molar-refractivity contribution in [3.05, 3.63) is 58.6 Å². The van der Waals surface area contributed by atoms with E-state index in [9.17, 15) is 0 Å². The summed E-state index contributed by atoms with van der Waals surface area (Å²) in [7, 11) is 0. The number of piperazine rings is 1. The third kappa shape index (κ3) is 3.99. The van der Waals surface area contributed by atoms with Crippen LogP contribution in [-0.2, 0) is 6.61 Å². The number of ether oxygens (including phenoxy) is 1. The second kappa shape index (κ2) is 6.96. The molecule has 1 heterocycles. The molecule has 0 aromatic heterocycles. The van der Waals surface area contributed by atoms with Crippen molar-refractivity contribution in [3.63, 3.8) is 0 Å². The maximum absolute atomic E-state index is 5.84. The molecule has 0 aliphatic carbocycles. The smallest absolute Gasteiger partial charge is 0.119 e. The van der Waals surface area contributed by atoms with Crippen LogP contribution in [0.15, 0.2) is 53.0 Å². The van der Waals surface area contributed by atoms with E-state index in [1.54, 1.807) is 0 Å². The number of rotatable bonds is 4. The van der Waals surface area contributed by atoms with Crippen molar-refractivity contribution in [2.45, 2.75) is 6.61 Å². The van der Waals surface area contributed by atoms with Gasteiger partial charge in [0.25, 0.3) is 0 Å². The van der Waals surface area contributed by atoms with E-state index in [1.165, 1.54) is 5.69 Å². The van der Waals surface area contributed by atoms with Crippen LogP contribution in [0.3, 0.4) is 0 Å². The Bertz CT molecular complexity index is 580. The van der Waals surface area contributed by atoms with Crippen molar-refractivity contribution in [2.24, 2.45) is 0 Å². The quantitative estimate of drug-likeness (QED) is 0.917. The van der Waals surface area contributed by atoms with Crippen LogP contribution in [0, 0.1) is 0 Å². The molecule has 110 valence electrons. The molecule has 0 atom stereocenters. The maximum atomic E-state index is 5.84. The Balaban J connectivity index is 1.59. The van der Waals surface area contributed by atoms with Crippen molar-refractivity contribution in [1.82, 2.24) is 5.32 Å². The molecule has 3 rings (SSSR count). The van der Waals surface area contributed by atoms with Gasteiger partial charge in [0.05, 0.1) is 0 Å². The predicted octanol–water partition coefficient (Wildman–Crippen LogP) is 3.44. The summed E-state index contributed by atoms with van der Waals surface area (Å²) in [4.78, 5) is 2.40. The van der Waals surface area contributed by atoms with Gasteiger partial charge in [0.2, 0.25) is 0 Å². The molecule has 2 aromatic carbocycles. The zero-order valence-corrected chi connectivity index (χ0v) is 13.5. The fraction of sp³-hybridized carbons (Fsp3) is 0.294. The lowest BCUT2D eigenvalue weighted by atomic mass is 10.2. The van der Waals surface area contributed by atoms with Crippen molar-refractivity contribution >= 4 is 21.6 Å². The molecule has 1 fully saturated rings. The lowest BCUT2D eigenvalue weighted by Crippen LogP contribution is -2.43. The van der Waals surface area contributed by atoms with Crippen LogP contribution in [0.2, 0.25) is 0 Å². The summed E-state index contributed by atoms with van der Waals surface area (Å²) in [5.41, 5.74) is 2.43. The molecule has 0 saturated carbocycles. The van der Waals surface area contributed by atoms with Crippen LogP contribution in [0.5, 0.6) is 5.75 Å². The molecule has 0 spiro atoms. The molecule has 0 bridgehead atoms. The minimum atomic E-state index is 0.590. The predicted molar refractivity (Wildman–Crippen MR) is 90.0 cm³/mol. The first-order valence-electron chi connectivity index (χ1n) is 7.24. The van der Waals surface area contributed by atoms with Gasteiger partial charge in [0, 0.05) is 36.3 Å². The van der Waals surface area contributed by atoms with Gasteiger partial charge in [0.1, 0.15) is 12.4 Å². The Labute approximate surface area is 134 Å². The van der Waals surface area contributed by atoms with Gasteiger partial charge in [-0.05, 0) is 42.0 Å². The minimum absolute atomic E-state index is 0.590. The first-order chi connectivity index (χ1) is 10.3. The Morgan fingerprint density at radius 1 is 1.05 bits per heavy atom. The maximum Gasteiger partial charge on any atom is 0.119 e. The van der Waals surface area contributed by atoms with E-state index in [2.05, 4.69) is 62.5 Å². The minimum Gasteiger partial charge on any atom is -0.489 e.